The predicted octanol–water partition coefficient (Wildman–Crippen LogP) is 2.24. The van der Waals surface area contributed by atoms with Gasteiger partial charge < -0.3 is 10.8 Å². The number of alkyl halides is 2. The maximum absolute atomic E-state index is 14.9. The van der Waals surface area contributed by atoms with E-state index in [2.05, 4.69) is 10.1 Å². The first kappa shape index (κ1) is 22.1. The number of carbonyl (C=O) groups excluding carboxylic acids is 1. The number of aliphatic hydroxyl groups is 1. The molecule has 162 valence electrons. The van der Waals surface area contributed by atoms with Crippen molar-refractivity contribution in [2.75, 3.05) is 6.61 Å². The van der Waals surface area contributed by atoms with E-state index in [0.29, 0.717) is 4.68 Å². The first-order valence-corrected chi connectivity index (χ1v) is 8.91. The van der Waals surface area contributed by atoms with E-state index in [1.165, 1.54) is 25.1 Å². The fourth-order valence-electron chi connectivity index (χ4n) is 3.12. The Kier molecular flexibility index (Phi) is 5.89. The number of pyridine rings is 1. The van der Waals surface area contributed by atoms with Gasteiger partial charge in [-0.2, -0.15) is 23.0 Å². The SMILES string of the molecule is CC(c1cc(=O)n(-c2cccnc2F)nc1C(N)=O)c1cccc(C(F)(F)CO)c1F. The van der Waals surface area contributed by atoms with Crippen molar-refractivity contribution in [1.29, 1.82) is 0 Å². The summed E-state index contributed by atoms with van der Waals surface area (Å²) < 4.78 is 57.2. The molecule has 0 saturated heterocycles. The second-order valence-electron chi connectivity index (χ2n) is 6.67. The van der Waals surface area contributed by atoms with Crippen LogP contribution in [0, 0.1) is 11.8 Å². The summed E-state index contributed by atoms with van der Waals surface area (Å²) in [4.78, 5) is 28.0. The molecule has 0 spiro atoms. The molecule has 0 aliphatic heterocycles. The first-order chi connectivity index (χ1) is 14.6. The zero-order valence-electron chi connectivity index (χ0n) is 16.0. The van der Waals surface area contributed by atoms with Crippen LogP contribution < -0.4 is 11.3 Å². The van der Waals surface area contributed by atoms with Crippen molar-refractivity contribution in [3.8, 4) is 5.69 Å². The predicted molar refractivity (Wildman–Crippen MR) is 101 cm³/mol. The standard InChI is InChI=1S/C20H16F4N4O3/c1-10(11-4-2-5-13(16(11)21)20(23,24)9-29)12-8-15(30)28(27-17(12)19(25)31)14-6-3-7-26-18(14)22/h2-8,10,29H,9H2,1H3,(H2,25,31). The van der Waals surface area contributed by atoms with Crippen LogP contribution in [0.4, 0.5) is 17.6 Å². The highest BCUT2D eigenvalue weighted by molar-refractivity contribution is 5.92. The molecule has 3 N–H and O–H groups in total. The van der Waals surface area contributed by atoms with Gasteiger partial charge in [0.15, 0.2) is 5.69 Å². The van der Waals surface area contributed by atoms with E-state index in [9.17, 15) is 27.2 Å². The second-order valence-corrected chi connectivity index (χ2v) is 6.67. The molecule has 11 heteroatoms. The molecule has 2 aromatic heterocycles. The number of benzene rings is 1. The van der Waals surface area contributed by atoms with E-state index in [0.717, 1.165) is 24.4 Å². The molecule has 1 unspecified atom stereocenters. The Bertz CT molecular complexity index is 1210. The third-order valence-corrected chi connectivity index (χ3v) is 4.72. The highest BCUT2D eigenvalue weighted by Gasteiger charge is 2.35. The largest absolute Gasteiger partial charge is 0.390 e. The molecule has 0 fully saturated rings. The van der Waals surface area contributed by atoms with Crippen molar-refractivity contribution in [3.05, 3.63) is 87.1 Å². The number of aromatic nitrogens is 3. The Morgan fingerprint density at radius 3 is 2.55 bits per heavy atom. The van der Waals surface area contributed by atoms with Crippen LogP contribution in [0.1, 0.15) is 40.0 Å². The summed E-state index contributed by atoms with van der Waals surface area (Å²) in [5, 5.41) is 12.7. The molecule has 0 aliphatic rings. The highest BCUT2D eigenvalue weighted by Crippen LogP contribution is 2.35. The maximum Gasteiger partial charge on any atom is 0.298 e. The van der Waals surface area contributed by atoms with E-state index >= 15 is 0 Å². The van der Waals surface area contributed by atoms with Gasteiger partial charge in [-0.05, 0) is 29.3 Å². The van der Waals surface area contributed by atoms with Crippen molar-refractivity contribution >= 4 is 5.91 Å². The zero-order valence-corrected chi connectivity index (χ0v) is 16.0. The number of carbonyl (C=O) groups is 1. The molecule has 3 aromatic rings. The lowest BCUT2D eigenvalue weighted by molar-refractivity contribution is -0.0583. The van der Waals surface area contributed by atoms with Crippen LogP contribution in [-0.2, 0) is 5.92 Å². The van der Waals surface area contributed by atoms with Gasteiger partial charge in [0, 0.05) is 18.2 Å². The van der Waals surface area contributed by atoms with Gasteiger partial charge in [0.05, 0.1) is 5.56 Å². The quantitative estimate of drug-likeness (QED) is 0.455. The minimum atomic E-state index is -3.84. The van der Waals surface area contributed by atoms with Crippen LogP contribution in [0.15, 0.2) is 47.4 Å². The van der Waals surface area contributed by atoms with E-state index in [4.69, 9.17) is 10.8 Å². The summed E-state index contributed by atoms with van der Waals surface area (Å²) in [6, 6.07) is 6.60. The number of primary amides is 1. The molecule has 31 heavy (non-hydrogen) atoms. The summed E-state index contributed by atoms with van der Waals surface area (Å²) in [5.41, 5.74) is 2.19. The summed E-state index contributed by atoms with van der Waals surface area (Å²) in [6.07, 6.45) is 1.15. The van der Waals surface area contributed by atoms with E-state index in [1.54, 1.807) is 0 Å². The molecule has 0 saturated carbocycles. The third kappa shape index (κ3) is 4.04. The van der Waals surface area contributed by atoms with E-state index < -0.39 is 52.9 Å². The van der Waals surface area contributed by atoms with Crippen molar-refractivity contribution < 1.29 is 27.5 Å². The average Bonchev–Trinajstić information content (AvgIpc) is 2.73. The summed E-state index contributed by atoms with van der Waals surface area (Å²) in [7, 11) is 0. The molecule has 3 rings (SSSR count). The van der Waals surface area contributed by atoms with Crippen LogP contribution >= 0.6 is 0 Å². The molecule has 7 nitrogen and oxygen atoms in total. The number of nitrogens with zero attached hydrogens (tertiary/aromatic N) is 3. The zero-order chi connectivity index (χ0) is 22.9. The number of halogens is 4. The van der Waals surface area contributed by atoms with Gasteiger partial charge in [0.2, 0.25) is 5.95 Å². The van der Waals surface area contributed by atoms with Gasteiger partial charge in [-0.3, -0.25) is 9.59 Å². The van der Waals surface area contributed by atoms with Crippen LogP contribution in [0.2, 0.25) is 0 Å². The topological polar surface area (TPSA) is 111 Å². The van der Waals surface area contributed by atoms with Crippen molar-refractivity contribution in [2.24, 2.45) is 5.73 Å². The van der Waals surface area contributed by atoms with Crippen molar-refractivity contribution in [2.45, 2.75) is 18.8 Å². The van der Waals surface area contributed by atoms with Crippen molar-refractivity contribution in [3.63, 3.8) is 0 Å². The van der Waals surface area contributed by atoms with Gasteiger partial charge in [-0.1, -0.05) is 19.1 Å². The van der Waals surface area contributed by atoms with Crippen LogP contribution in [0.5, 0.6) is 0 Å². The van der Waals surface area contributed by atoms with Crippen LogP contribution in [0.25, 0.3) is 5.69 Å². The molecule has 2 heterocycles. The Labute approximate surface area is 172 Å². The van der Waals surface area contributed by atoms with E-state index in [-0.39, 0.29) is 16.8 Å². The number of rotatable bonds is 6. The Morgan fingerprint density at radius 1 is 1.23 bits per heavy atom. The number of nitrogens with two attached hydrogens (primary N) is 1. The Balaban J connectivity index is 2.19. The Morgan fingerprint density at radius 2 is 1.94 bits per heavy atom. The normalized spacial score (nSPS) is 12.6. The van der Waals surface area contributed by atoms with Crippen LogP contribution in [0.3, 0.4) is 0 Å². The second kappa shape index (κ2) is 8.26. The molecule has 1 amide bonds. The maximum atomic E-state index is 14.9. The third-order valence-electron chi connectivity index (χ3n) is 4.72. The molecular weight excluding hydrogens is 420 g/mol. The minimum absolute atomic E-state index is 0.138. The monoisotopic (exact) mass is 436 g/mol. The molecule has 0 aliphatic carbocycles. The van der Waals surface area contributed by atoms with Crippen LogP contribution in [-0.4, -0.2) is 32.4 Å². The lowest BCUT2D eigenvalue weighted by atomic mass is 9.89. The first-order valence-electron chi connectivity index (χ1n) is 8.91. The minimum Gasteiger partial charge on any atom is -0.390 e. The molecular formula is C20H16F4N4O3. The smallest absolute Gasteiger partial charge is 0.298 e. The fraction of sp³-hybridized carbons (Fsp3) is 0.200. The summed E-state index contributed by atoms with van der Waals surface area (Å²) in [5.74, 6) is -8.39. The van der Waals surface area contributed by atoms with Gasteiger partial charge >= 0.3 is 0 Å². The lowest BCUT2D eigenvalue weighted by Crippen LogP contribution is -2.29. The lowest BCUT2D eigenvalue weighted by Gasteiger charge is -2.20. The highest BCUT2D eigenvalue weighted by atomic mass is 19.3. The number of amides is 1. The van der Waals surface area contributed by atoms with Gasteiger partial charge in [0.25, 0.3) is 17.4 Å². The van der Waals surface area contributed by atoms with Gasteiger partial charge in [0.1, 0.15) is 18.1 Å². The summed E-state index contributed by atoms with van der Waals surface area (Å²) >= 11 is 0. The number of hydrogen-bond acceptors (Lipinski definition) is 5. The summed E-state index contributed by atoms with van der Waals surface area (Å²) in [6.45, 7) is -0.250. The fourth-order valence-corrected chi connectivity index (χ4v) is 3.12. The van der Waals surface area contributed by atoms with Gasteiger partial charge in [-0.15, -0.1) is 0 Å². The number of aliphatic hydroxyl groups excluding tert-OH is 1. The van der Waals surface area contributed by atoms with E-state index in [1.807, 2.05) is 0 Å². The van der Waals surface area contributed by atoms with Crippen molar-refractivity contribution in [1.82, 2.24) is 14.8 Å². The Hall–Kier alpha value is -3.60. The van der Waals surface area contributed by atoms with Gasteiger partial charge in [-0.25, -0.2) is 9.37 Å². The molecule has 1 atom stereocenters. The molecule has 1 aromatic carbocycles. The number of hydrogen-bond donors (Lipinski definition) is 2. The average molecular weight is 436 g/mol. The molecule has 0 bridgehead atoms. The molecule has 0 radical (unpaired) electrons.